The summed E-state index contributed by atoms with van der Waals surface area (Å²) in [5, 5.41) is 23.2. The lowest BCUT2D eigenvalue weighted by Gasteiger charge is -2.19. The number of hydrogen-bond donors (Lipinski definition) is 3. The molecule has 0 aliphatic heterocycles. The van der Waals surface area contributed by atoms with Gasteiger partial charge in [0.1, 0.15) is 0 Å². The van der Waals surface area contributed by atoms with E-state index in [0.29, 0.717) is 6.42 Å². The minimum absolute atomic E-state index is 0.0822. The third kappa shape index (κ3) is 57.8. The Morgan fingerprint density at radius 3 is 0.986 bits per heavy atom. The number of unbranched alkanes of at least 4 members (excludes halogenated alkanes) is 32. The predicted octanol–water partition coefficient (Wildman–Crippen LogP) is 20.6. The quantitative estimate of drug-likeness (QED) is 0.0420. The zero-order valence-corrected chi connectivity index (χ0v) is 47.0. The number of aliphatic hydroxyl groups excluding tert-OH is 2. The van der Waals surface area contributed by atoms with Gasteiger partial charge in [-0.2, -0.15) is 0 Å². The Bertz CT molecular complexity index is 1350. The van der Waals surface area contributed by atoms with Gasteiger partial charge in [-0.1, -0.05) is 303 Å². The number of carbonyl (C=O) groups excluding carboxylic acids is 1. The van der Waals surface area contributed by atoms with Crippen molar-refractivity contribution < 1.29 is 15.0 Å². The van der Waals surface area contributed by atoms with Crippen molar-refractivity contribution in [2.75, 3.05) is 6.61 Å². The van der Waals surface area contributed by atoms with Gasteiger partial charge in [0.15, 0.2) is 0 Å². The summed E-state index contributed by atoms with van der Waals surface area (Å²) < 4.78 is 0. The molecule has 0 aliphatic carbocycles. The summed E-state index contributed by atoms with van der Waals surface area (Å²) >= 11 is 0. The largest absolute Gasteiger partial charge is 0.394 e. The van der Waals surface area contributed by atoms with Crippen LogP contribution in [0.15, 0.2) is 109 Å². The van der Waals surface area contributed by atoms with Crippen LogP contribution >= 0.6 is 0 Å². The van der Waals surface area contributed by atoms with Crippen LogP contribution in [0.1, 0.15) is 290 Å². The van der Waals surface area contributed by atoms with E-state index >= 15 is 0 Å². The van der Waals surface area contributed by atoms with E-state index in [9.17, 15) is 15.0 Å². The molecule has 0 saturated carbocycles. The van der Waals surface area contributed by atoms with Gasteiger partial charge in [-0.3, -0.25) is 4.79 Å². The van der Waals surface area contributed by atoms with Gasteiger partial charge in [-0.25, -0.2) is 0 Å². The third-order valence-electron chi connectivity index (χ3n) is 13.5. The fourth-order valence-corrected chi connectivity index (χ4v) is 8.88. The SMILES string of the molecule is CC/C=C\C/C=C\C/C=C\C/C=C\C/C=C\C/C=C\C/C=C\CCCCCCCCCCCC(=O)NC(CO)C(O)/C=C/CC/C=C/CCCCCCCCCCCCCCCCCCCCCCCC. The molecule has 4 heteroatoms. The molecule has 71 heavy (non-hydrogen) atoms. The van der Waals surface area contributed by atoms with Gasteiger partial charge < -0.3 is 15.5 Å². The van der Waals surface area contributed by atoms with Crippen LogP contribution in [0, 0.1) is 0 Å². The van der Waals surface area contributed by atoms with Gasteiger partial charge in [0.2, 0.25) is 5.91 Å². The average molecular weight is 985 g/mol. The van der Waals surface area contributed by atoms with Crippen LogP contribution in [-0.4, -0.2) is 34.9 Å². The summed E-state index contributed by atoms with van der Waals surface area (Å²) in [7, 11) is 0. The lowest BCUT2D eigenvalue weighted by Crippen LogP contribution is -2.45. The molecule has 0 fully saturated rings. The zero-order chi connectivity index (χ0) is 51.3. The van der Waals surface area contributed by atoms with Crippen molar-refractivity contribution >= 4 is 5.91 Å². The maximum atomic E-state index is 12.5. The predicted molar refractivity (Wildman–Crippen MR) is 317 cm³/mol. The molecular weight excluding hydrogens is 867 g/mol. The van der Waals surface area contributed by atoms with Crippen molar-refractivity contribution in [1.82, 2.24) is 5.32 Å². The Kier molecular flexibility index (Phi) is 58.8. The molecule has 0 saturated heterocycles. The molecular formula is C67H117NO3. The zero-order valence-electron chi connectivity index (χ0n) is 47.0. The minimum Gasteiger partial charge on any atom is -0.394 e. The van der Waals surface area contributed by atoms with Gasteiger partial charge in [0, 0.05) is 6.42 Å². The molecule has 0 aromatic heterocycles. The maximum Gasteiger partial charge on any atom is 0.220 e. The Morgan fingerprint density at radius 1 is 0.352 bits per heavy atom. The van der Waals surface area contributed by atoms with Crippen molar-refractivity contribution in [2.45, 2.75) is 302 Å². The normalized spacial score (nSPS) is 13.6. The second kappa shape index (κ2) is 61.4. The lowest BCUT2D eigenvalue weighted by molar-refractivity contribution is -0.123. The highest BCUT2D eigenvalue weighted by atomic mass is 16.3. The van der Waals surface area contributed by atoms with Crippen LogP contribution in [-0.2, 0) is 4.79 Å². The monoisotopic (exact) mass is 984 g/mol. The number of amides is 1. The molecule has 3 N–H and O–H groups in total. The van der Waals surface area contributed by atoms with E-state index in [1.165, 1.54) is 186 Å². The van der Waals surface area contributed by atoms with Crippen LogP contribution in [0.3, 0.4) is 0 Å². The fourth-order valence-electron chi connectivity index (χ4n) is 8.88. The number of carbonyl (C=O) groups is 1. The molecule has 0 rings (SSSR count). The molecule has 2 unspecified atom stereocenters. The Hall–Kier alpha value is -2.95. The molecule has 2 atom stereocenters. The van der Waals surface area contributed by atoms with Crippen LogP contribution < -0.4 is 5.32 Å². The second-order valence-corrected chi connectivity index (χ2v) is 20.4. The fraction of sp³-hybridized carbons (Fsp3) is 0.716. The Morgan fingerprint density at radius 2 is 0.634 bits per heavy atom. The standard InChI is InChI=1S/C67H117NO3/c1-3-5-7-9-11-13-15-17-19-21-23-25-27-29-31-33-34-35-37-39-41-43-45-47-49-51-53-55-57-59-61-63-67(71)68-65(64-69)66(70)62-60-58-56-54-52-50-48-46-44-42-40-38-36-32-30-28-26-24-22-20-18-16-14-12-10-8-6-4-2/h5,7,11,13,17,19,23,25,29,31,34-35,39,41,52,54,60,62,65-66,69-70H,3-4,6,8-10,12,14-16,18,20-22,24,26-28,30,32-33,36-38,40,42-51,53,55-59,61,63-64H2,1-2H3,(H,68,71)/b7-5-,13-11-,19-17-,25-23-,31-29-,35-34-,41-39-,54-52+,62-60+. The van der Waals surface area contributed by atoms with Crippen molar-refractivity contribution in [3.05, 3.63) is 109 Å². The number of allylic oxidation sites excluding steroid dienone is 17. The van der Waals surface area contributed by atoms with Crippen LogP contribution in [0.2, 0.25) is 0 Å². The molecule has 0 aliphatic rings. The molecule has 408 valence electrons. The average Bonchev–Trinajstić information content (AvgIpc) is 3.37. The van der Waals surface area contributed by atoms with E-state index in [2.05, 4.69) is 116 Å². The maximum absolute atomic E-state index is 12.5. The lowest BCUT2D eigenvalue weighted by atomic mass is 10.0. The molecule has 0 spiro atoms. The van der Waals surface area contributed by atoms with Gasteiger partial charge in [-0.05, 0) is 89.9 Å². The number of hydrogen-bond acceptors (Lipinski definition) is 3. The first kappa shape index (κ1) is 68.0. The molecule has 0 heterocycles. The Labute approximate surface area is 442 Å². The van der Waals surface area contributed by atoms with E-state index in [4.69, 9.17) is 0 Å². The molecule has 0 aromatic carbocycles. The van der Waals surface area contributed by atoms with Gasteiger partial charge in [0.25, 0.3) is 0 Å². The smallest absolute Gasteiger partial charge is 0.220 e. The van der Waals surface area contributed by atoms with Gasteiger partial charge in [0.05, 0.1) is 18.8 Å². The van der Waals surface area contributed by atoms with Crippen molar-refractivity contribution in [1.29, 1.82) is 0 Å². The first-order valence-electron chi connectivity index (χ1n) is 30.6. The molecule has 1 amide bonds. The van der Waals surface area contributed by atoms with E-state index in [0.717, 1.165) is 83.5 Å². The first-order chi connectivity index (χ1) is 35.2. The molecule has 0 aromatic rings. The summed E-state index contributed by atoms with van der Waals surface area (Å²) in [6, 6.07) is -0.652. The van der Waals surface area contributed by atoms with Gasteiger partial charge in [-0.15, -0.1) is 0 Å². The van der Waals surface area contributed by atoms with E-state index in [1.54, 1.807) is 6.08 Å². The minimum atomic E-state index is -0.874. The Balaban J connectivity index is 3.59. The van der Waals surface area contributed by atoms with Crippen LogP contribution in [0.5, 0.6) is 0 Å². The molecule has 0 bridgehead atoms. The summed E-state index contributed by atoms with van der Waals surface area (Å²) in [6.07, 6.45) is 92.7. The number of nitrogens with one attached hydrogen (secondary N) is 1. The van der Waals surface area contributed by atoms with Crippen molar-refractivity contribution in [3.8, 4) is 0 Å². The summed E-state index contributed by atoms with van der Waals surface area (Å²) in [5.74, 6) is -0.0822. The van der Waals surface area contributed by atoms with E-state index in [1.807, 2.05) is 6.08 Å². The second-order valence-electron chi connectivity index (χ2n) is 20.4. The van der Waals surface area contributed by atoms with Crippen LogP contribution in [0.4, 0.5) is 0 Å². The third-order valence-corrected chi connectivity index (χ3v) is 13.5. The highest BCUT2D eigenvalue weighted by molar-refractivity contribution is 5.76. The van der Waals surface area contributed by atoms with Gasteiger partial charge >= 0.3 is 0 Å². The topological polar surface area (TPSA) is 69.6 Å². The van der Waals surface area contributed by atoms with Crippen molar-refractivity contribution in [3.63, 3.8) is 0 Å². The highest BCUT2D eigenvalue weighted by Crippen LogP contribution is 2.16. The summed E-state index contributed by atoms with van der Waals surface area (Å²) in [6.45, 7) is 4.20. The van der Waals surface area contributed by atoms with Crippen molar-refractivity contribution in [2.24, 2.45) is 0 Å². The van der Waals surface area contributed by atoms with Crippen LogP contribution in [0.25, 0.3) is 0 Å². The van der Waals surface area contributed by atoms with E-state index < -0.39 is 12.1 Å². The highest BCUT2D eigenvalue weighted by Gasteiger charge is 2.18. The molecule has 0 radical (unpaired) electrons. The summed E-state index contributed by atoms with van der Waals surface area (Å²) in [4.78, 5) is 12.5. The van der Waals surface area contributed by atoms with E-state index in [-0.39, 0.29) is 12.5 Å². The molecule has 4 nitrogen and oxygen atoms in total. The first-order valence-corrected chi connectivity index (χ1v) is 30.6. The number of rotatable bonds is 55. The summed E-state index contributed by atoms with van der Waals surface area (Å²) in [5.41, 5.74) is 0. The number of aliphatic hydroxyl groups is 2.